The topological polar surface area (TPSA) is 64.7 Å². The maximum atomic E-state index is 12.9. The van der Waals surface area contributed by atoms with Crippen LogP contribution in [0.4, 0.5) is 0 Å². The lowest BCUT2D eigenvalue weighted by Crippen LogP contribution is -2.34. The van der Waals surface area contributed by atoms with E-state index in [1.54, 1.807) is 6.07 Å². The minimum absolute atomic E-state index is 0.0936. The molecule has 0 atom stereocenters. The van der Waals surface area contributed by atoms with Gasteiger partial charge < -0.3 is 20.4 Å². The molecule has 0 aliphatic carbocycles. The van der Waals surface area contributed by atoms with Crippen LogP contribution in [0.3, 0.4) is 0 Å². The lowest BCUT2D eigenvalue weighted by molar-refractivity contribution is 0.0950. The Balaban J connectivity index is 1.52. The van der Waals surface area contributed by atoms with E-state index < -0.39 is 0 Å². The van der Waals surface area contributed by atoms with Crippen molar-refractivity contribution in [1.82, 2.24) is 20.4 Å². The maximum Gasteiger partial charge on any atom is 0.251 e. The molecule has 6 nitrogen and oxygen atoms in total. The molecule has 2 N–H and O–H groups in total. The van der Waals surface area contributed by atoms with Crippen molar-refractivity contribution in [2.45, 2.75) is 77.6 Å². The zero-order valence-electron chi connectivity index (χ0n) is 21.8. The first-order valence-corrected chi connectivity index (χ1v) is 13.5. The summed E-state index contributed by atoms with van der Waals surface area (Å²) in [6, 6.07) is 5.62. The zero-order chi connectivity index (χ0) is 24.4. The fourth-order valence-electron chi connectivity index (χ4n) is 4.90. The first-order valence-electron chi connectivity index (χ1n) is 13.5. The number of hydrogen-bond acceptors (Lipinski definition) is 4. The second-order valence-electron chi connectivity index (χ2n) is 11.1. The summed E-state index contributed by atoms with van der Waals surface area (Å²) in [7, 11) is 0. The molecule has 2 heterocycles. The Morgan fingerprint density at radius 3 is 1.50 bits per heavy atom. The van der Waals surface area contributed by atoms with Gasteiger partial charge in [-0.1, -0.05) is 33.6 Å². The molecule has 0 radical (unpaired) electrons. The van der Waals surface area contributed by atoms with E-state index in [0.717, 1.165) is 31.5 Å². The first kappa shape index (κ1) is 26.7. The SMILES string of the molecule is CC(C)(C)c1cc(C(=O)NCCCN2CCCCC2)cc(C(=O)NCCCN2CCCCC2)c1. The van der Waals surface area contributed by atoms with Crippen molar-refractivity contribution < 1.29 is 9.59 Å². The van der Waals surface area contributed by atoms with Gasteiger partial charge >= 0.3 is 0 Å². The van der Waals surface area contributed by atoms with Crippen LogP contribution in [0.15, 0.2) is 18.2 Å². The van der Waals surface area contributed by atoms with Gasteiger partial charge in [0.1, 0.15) is 0 Å². The van der Waals surface area contributed by atoms with Gasteiger partial charge in [0.25, 0.3) is 11.8 Å². The molecule has 3 rings (SSSR count). The molecule has 2 amide bonds. The summed E-state index contributed by atoms with van der Waals surface area (Å²) < 4.78 is 0. The third-order valence-electron chi connectivity index (χ3n) is 7.09. The molecule has 0 unspecified atom stereocenters. The van der Waals surface area contributed by atoms with E-state index >= 15 is 0 Å². The van der Waals surface area contributed by atoms with E-state index in [4.69, 9.17) is 0 Å². The van der Waals surface area contributed by atoms with Crippen LogP contribution in [0.5, 0.6) is 0 Å². The average molecular weight is 471 g/mol. The Labute approximate surface area is 206 Å². The normalized spacial score (nSPS) is 18.0. The van der Waals surface area contributed by atoms with Crippen LogP contribution in [0.1, 0.15) is 98.4 Å². The lowest BCUT2D eigenvalue weighted by atomic mass is 9.85. The number of benzene rings is 1. The van der Waals surface area contributed by atoms with Gasteiger partial charge in [0.05, 0.1) is 0 Å². The molecular weight excluding hydrogens is 424 g/mol. The number of amides is 2. The molecule has 0 spiro atoms. The molecule has 0 aromatic heterocycles. The van der Waals surface area contributed by atoms with Crippen LogP contribution in [-0.2, 0) is 5.41 Å². The largest absolute Gasteiger partial charge is 0.352 e. The number of nitrogens with one attached hydrogen (secondary N) is 2. The highest BCUT2D eigenvalue weighted by Crippen LogP contribution is 2.25. The van der Waals surface area contributed by atoms with Gasteiger partial charge in [-0.2, -0.15) is 0 Å². The van der Waals surface area contributed by atoms with Crippen molar-refractivity contribution in [2.24, 2.45) is 0 Å². The number of piperidine rings is 2. The van der Waals surface area contributed by atoms with Gasteiger partial charge in [-0.3, -0.25) is 9.59 Å². The van der Waals surface area contributed by atoms with Gasteiger partial charge in [-0.15, -0.1) is 0 Å². The van der Waals surface area contributed by atoms with Gasteiger partial charge in [0.15, 0.2) is 0 Å². The summed E-state index contributed by atoms with van der Waals surface area (Å²) in [5.74, 6) is -0.187. The Hall–Kier alpha value is -1.92. The van der Waals surface area contributed by atoms with Crippen molar-refractivity contribution in [3.63, 3.8) is 0 Å². The highest BCUT2D eigenvalue weighted by Gasteiger charge is 2.20. The first-order chi connectivity index (χ1) is 16.3. The van der Waals surface area contributed by atoms with Crippen molar-refractivity contribution >= 4 is 11.8 Å². The van der Waals surface area contributed by atoms with E-state index in [1.807, 2.05) is 12.1 Å². The molecular formula is C28H46N4O2. The number of hydrogen-bond donors (Lipinski definition) is 2. The molecule has 0 bridgehead atoms. The fourth-order valence-corrected chi connectivity index (χ4v) is 4.90. The van der Waals surface area contributed by atoms with E-state index in [0.29, 0.717) is 24.2 Å². The van der Waals surface area contributed by atoms with E-state index in [2.05, 4.69) is 41.2 Å². The third kappa shape index (κ3) is 8.70. The van der Waals surface area contributed by atoms with Crippen molar-refractivity contribution in [2.75, 3.05) is 52.4 Å². The number of carbonyl (C=O) groups excluding carboxylic acids is 2. The molecule has 2 fully saturated rings. The highest BCUT2D eigenvalue weighted by molar-refractivity contribution is 6.00. The van der Waals surface area contributed by atoms with Crippen molar-refractivity contribution in [3.8, 4) is 0 Å². The average Bonchev–Trinajstić information content (AvgIpc) is 2.84. The smallest absolute Gasteiger partial charge is 0.251 e. The standard InChI is InChI=1S/C28H46N4O2/c1-28(2,3)25-21-23(26(33)29-12-10-18-31-14-6-4-7-15-31)20-24(22-25)27(34)30-13-11-19-32-16-8-5-9-17-32/h20-22H,4-19H2,1-3H3,(H,29,33)(H,30,34). The molecule has 34 heavy (non-hydrogen) atoms. The summed E-state index contributed by atoms with van der Waals surface area (Å²) in [5, 5.41) is 6.14. The number of nitrogens with zero attached hydrogens (tertiary/aromatic N) is 2. The Morgan fingerprint density at radius 1 is 0.706 bits per heavy atom. The molecule has 2 aliphatic heterocycles. The quantitative estimate of drug-likeness (QED) is 0.503. The fraction of sp³-hybridized carbons (Fsp3) is 0.714. The molecule has 1 aromatic carbocycles. The molecule has 0 saturated carbocycles. The van der Waals surface area contributed by atoms with E-state index in [-0.39, 0.29) is 17.2 Å². The monoisotopic (exact) mass is 470 g/mol. The predicted molar refractivity (Wildman–Crippen MR) is 140 cm³/mol. The molecule has 1 aromatic rings. The number of rotatable bonds is 10. The summed E-state index contributed by atoms with van der Waals surface area (Å²) >= 11 is 0. The molecule has 190 valence electrons. The second-order valence-corrected chi connectivity index (χ2v) is 11.1. The van der Waals surface area contributed by atoms with Crippen molar-refractivity contribution in [1.29, 1.82) is 0 Å². The van der Waals surface area contributed by atoms with Crippen LogP contribution >= 0.6 is 0 Å². The predicted octanol–water partition coefficient (Wildman–Crippen LogP) is 4.20. The van der Waals surface area contributed by atoms with E-state index in [9.17, 15) is 9.59 Å². The Kier molecular flexibility index (Phi) is 10.4. The summed E-state index contributed by atoms with van der Waals surface area (Å²) in [6.45, 7) is 14.4. The van der Waals surface area contributed by atoms with Gasteiger partial charge in [0, 0.05) is 24.2 Å². The molecule has 2 saturated heterocycles. The number of likely N-dealkylation sites (tertiary alicyclic amines) is 2. The van der Waals surface area contributed by atoms with Crippen LogP contribution in [-0.4, -0.2) is 74.0 Å². The van der Waals surface area contributed by atoms with Crippen LogP contribution in [0.25, 0.3) is 0 Å². The van der Waals surface area contributed by atoms with Gasteiger partial charge in [0.2, 0.25) is 0 Å². The minimum Gasteiger partial charge on any atom is -0.352 e. The maximum absolute atomic E-state index is 12.9. The summed E-state index contributed by atoms with van der Waals surface area (Å²) in [6.07, 6.45) is 9.73. The van der Waals surface area contributed by atoms with Gasteiger partial charge in [-0.25, -0.2) is 0 Å². The van der Waals surface area contributed by atoms with E-state index in [1.165, 1.54) is 64.7 Å². The molecule has 2 aliphatic rings. The Bertz CT molecular complexity index is 734. The van der Waals surface area contributed by atoms with Gasteiger partial charge in [-0.05, 0) is 107 Å². The number of carbonyl (C=O) groups is 2. The van der Waals surface area contributed by atoms with Crippen LogP contribution < -0.4 is 10.6 Å². The van der Waals surface area contributed by atoms with Crippen LogP contribution in [0.2, 0.25) is 0 Å². The lowest BCUT2D eigenvalue weighted by Gasteiger charge is -2.26. The second kappa shape index (κ2) is 13.2. The highest BCUT2D eigenvalue weighted by atomic mass is 16.2. The third-order valence-corrected chi connectivity index (χ3v) is 7.09. The minimum atomic E-state index is -0.145. The summed E-state index contributed by atoms with van der Waals surface area (Å²) in [4.78, 5) is 30.8. The Morgan fingerprint density at radius 2 is 1.12 bits per heavy atom. The van der Waals surface area contributed by atoms with Crippen LogP contribution in [0, 0.1) is 0 Å². The zero-order valence-corrected chi connectivity index (χ0v) is 21.8. The summed E-state index contributed by atoms with van der Waals surface area (Å²) in [5.41, 5.74) is 2.01. The molecule has 6 heteroatoms. The van der Waals surface area contributed by atoms with Crippen molar-refractivity contribution in [3.05, 3.63) is 34.9 Å².